The van der Waals surface area contributed by atoms with Crippen LogP contribution < -0.4 is 5.32 Å². The van der Waals surface area contributed by atoms with Crippen molar-refractivity contribution >= 4 is 23.7 Å². The number of allylic oxidation sites excluding steroid dienone is 1. The van der Waals surface area contributed by atoms with Crippen molar-refractivity contribution in [3.8, 4) is 0 Å². The zero-order chi connectivity index (χ0) is 21.1. The van der Waals surface area contributed by atoms with E-state index in [-0.39, 0.29) is 12.0 Å². The number of ether oxygens (including phenoxy) is 1. The Hall–Kier alpha value is -3.06. The van der Waals surface area contributed by atoms with Crippen molar-refractivity contribution in [2.45, 2.75) is 37.7 Å². The summed E-state index contributed by atoms with van der Waals surface area (Å²) >= 11 is 1.57. The van der Waals surface area contributed by atoms with Crippen molar-refractivity contribution in [3.05, 3.63) is 82.6 Å². The molecule has 6 nitrogen and oxygen atoms in total. The summed E-state index contributed by atoms with van der Waals surface area (Å²) in [6.07, 6.45) is 0. The quantitative estimate of drug-likeness (QED) is 0.459. The molecule has 0 unspecified atom stereocenters. The number of aromatic nitrogens is 3. The molecule has 0 saturated carbocycles. The normalized spacial score (nSPS) is 15.5. The minimum atomic E-state index is -0.389. The van der Waals surface area contributed by atoms with Gasteiger partial charge in [0.25, 0.3) is 0 Å². The number of benzene rings is 2. The SMILES string of the molecule is CCOC(=O)C1=C(C)Nc2nc(SCc3ccccc3)nn2[C@H]1c1ccc(C)cc1. The molecule has 2 heterocycles. The van der Waals surface area contributed by atoms with Gasteiger partial charge in [0.2, 0.25) is 11.1 Å². The maximum absolute atomic E-state index is 12.8. The molecule has 0 spiro atoms. The largest absolute Gasteiger partial charge is 0.463 e. The molecule has 0 aliphatic carbocycles. The van der Waals surface area contributed by atoms with Gasteiger partial charge < -0.3 is 10.1 Å². The fourth-order valence-corrected chi connectivity index (χ4v) is 4.23. The van der Waals surface area contributed by atoms with Crippen LogP contribution in [0.4, 0.5) is 5.95 Å². The summed E-state index contributed by atoms with van der Waals surface area (Å²) in [5.41, 5.74) is 4.62. The third-order valence-corrected chi connectivity index (χ3v) is 5.84. The molecular weight excluding hydrogens is 396 g/mol. The fourth-order valence-electron chi connectivity index (χ4n) is 3.44. The minimum absolute atomic E-state index is 0.318. The topological polar surface area (TPSA) is 69.0 Å². The molecule has 1 atom stereocenters. The Morgan fingerprint density at radius 2 is 1.87 bits per heavy atom. The zero-order valence-corrected chi connectivity index (χ0v) is 18.1. The summed E-state index contributed by atoms with van der Waals surface area (Å²) in [5.74, 6) is 1.06. The average Bonchev–Trinajstić information content (AvgIpc) is 3.15. The van der Waals surface area contributed by atoms with Gasteiger partial charge in [-0.2, -0.15) is 4.98 Å². The van der Waals surface area contributed by atoms with Crippen LogP contribution in [0.25, 0.3) is 0 Å². The number of anilines is 1. The van der Waals surface area contributed by atoms with E-state index >= 15 is 0 Å². The van der Waals surface area contributed by atoms with Gasteiger partial charge in [-0.15, -0.1) is 5.10 Å². The Kier molecular flexibility index (Phi) is 5.90. The highest BCUT2D eigenvalue weighted by Crippen LogP contribution is 2.37. The minimum Gasteiger partial charge on any atom is -0.463 e. The van der Waals surface area contributed by atoms with Crippen LogP contribution >= 0.6 is 11.8 Å². The molecule has 0 amide bonds. The standard InChI is InChI=1S/C23H24N4O2S/c1-4-29-21(28)19-16(3)24-22-25-23(30-14-17-8-6-5-7-9-17)26-27(22)20(19)18-12-10-15(2)11-13-18/h5-13,20H,4,14H2,1-3H3,(H,24,25,26)/t20-/m0/s1. The molecule has 154 valence electrons. The van der Waals surface area contributed by atoms with Crippen molar-refractivity contribution < 1.29 is 9.53 Å². The second kappa shape index (κ2) is 8.75. The zero-order valence-electron chi connectivity index (χ0n) is 17.3. The molecule has 0 bridgehead atoms. The first-order valence-electron chi connectivity index (χ1n) is 9.91. The number of hydrogen-bond donors (Lipinski definition) is 1. The van der Waals surface area contributed by atoms with Gasteiger partial charge in [-0.3, -0.25) is 0 Å². The lowest BCUT2D eigenvalue weighted by Gasteiger charge is -2.28. The van der Waals surface area contributed by atoms with E-state index in [9.17, 15) is 4.79 Å². The van der Waals surface area contributed by atoms with Crippen LogP contribution in [0.3, 0.4) is 0 Å². The highest BCUT2D eigenvalue weighted by Gasteiger charge is 2.35. The van der Waals surface area contributed by atoms with Gasteiger partial charge in [-0.25, -0.2) is 9.48 Å². The summed E-state index contributed by atoms with van der Waals surface area (Å²) in [7, 11) is 0. The number of nitrogens with one attached hydrogen (secondary N) is 1. The number of thioether (sulfide) groups is 1. The van der Waals surface area contributed by atoms with Crippen LogP contribution in [0, 0.1) is 6.92 Å². The van der Waals surface area contributed by atoms with E-state index in [0.717, 1.165) is 22.6 Å². The van der Waals surface area contributed by atoms with Crippen molar-refractivity contribution in [1.29, 1.82) is 0 Å². The van der Waals surface area contributed by atoms with Crippen LogP contribution in [-0.2, 0) is 15.3 Å². The van der Waals surface area contributed by atoms with Gasteiger partial charge >= 0.3 is 5.97 Å². The molecule has 30 heavy (non-hydrogen) atoms. The Morgan fingerprint density at radius 3 is 2.57 bits per heavy atom. The highest BCUT2D eigenvalue weighted by atomic mass is 32.2. The first-order valence-corrected chi connectivity index (χ1v) is 10.9. The van der Waals surface area contributed by atoms with Gasteiger partial charge in [0.15, 0.2) is 0 Å². The van der Waals surface area contributed by atoms with Crippen molar-refractivity contribution in [2.75, 3.05) is 11.9 Å². The Labute approximate surface area is 180 Å². The van der Waals surface area contributed by atoms with E-state index in [1.54, 1.807) is 16.4 Å². The molecule has 1 aliphatic rings. The Morgan fingerprint density at radius 1 is 1.13 bits per heavy atom. The summed E-state index contributed by atoms with van der Waals surface area (Å²) < 4.78 is 7.14. The summed E-state index contributed by atoms with van der Waals surface area (Å²) in [4.78, 5) is 17.5. The monoisotopic (exact) mass is 420 g/mol. The van der Waals surface area contributed by atoms with E-state index in [1.807, 2.05) is 63.2 Å². The molecule has 0 fully saturated rings. The third-order valence-electron chi connectivity index (χ3n) is 4.93. The summed E-state index contributed by atoms with van der Waals surface area (Å²) in [6, 6.07) is 18.0. The number of fused-ring (bicyclic) bond motifs is 1. The number of hydrogen-bond acceptors (Lipinski definition) is 6. The van der Waals surface area contributed by atoms with E-state index in [2.05, 4.69) is 22.4 Å². The first kappa shape index (κ1) is 20.2. The lowest BCUT2D eigenvalue weighted by atomic mass is 9.95. The van der Waals surface area contributed by atoms with Crippen LogP contribution in [0.15, 0.2) is 71.0 Å². The molecule has 7 heteroatoms. The molecule has 2 aromatic carbocycles. The Bertz CT molecular complexity index is 1070. The van der Waals surface area contributed by atoms with E-state index in [0.29, 0.717) is 23.3 Å². The molecule has 1 N–H and O–H groups in total. The molecule has 4 rings (SSSR count). The second-order valence-electron chi connectivity index (χ2n) is 7.13. The predicted octanol–water partition coefficient (Wildman–Crippen LogP) is 4.73. The first-order chi connectivity index (χ1) is 14.6. The van der Waals surface area contributed by atoms with Crippen LogP contribution in [0.1, 0.15) is 36.6 Å². The van der Waals surface area contributed by atoms with Crippen molar-refractivity contribution in [3.63, 3.8) is 0 Å². The number of esters is 1. The molecular formula is C23H24N4O2S. The maximum atomic E-state index is 12.8. The smallest absolute Gasteiger partial charge is 0.338 e. The molecule has 3 aromatic rings. The van der Waals surface area contributed by atoms with E-state index in [1.165, 1.54) is 5.56 Å². The van der Waals surface area contributed by atoms with Crippen molar-refractivity contribution in [1.82, 2.24) is 14.8 Å². The number of aryl methyl sites for hydroxylation is 1. The maximum Gasteiger partial charge on any atom is 0.338 e. The average molecular weight is 421 g/mol. The summed E-state index contributed by atoms with van der Waals surface area (Å²) in [6.45, 7) is 6.05. The number of carbonyl (C=O) groups is 1. The van der Waals surface area contributed by atoms with E-state index in [4.69, 9.17) is 9.84 Å². The van der Waals surface area contributed by atoms with Gasteiger partial charge in [-0.05, 0) is 31.9 Å². The molecule has 0 radical (unpaired) electrons. The van der Waals surface area contributed by atoms with Gasteiger partial charge in [0.1, 0.15) is 6.04 Å². The lowest BCUT2D eigenvalue weighted by molar-refractivity contribution is -0.139. The number of carbonyl (C=O) groups excluding carboxylic acids is 1. The van der Waals surface area contributed by atoms with Crippen LogP contribution in [0.5, 0.6) is 0 Å². The Balaban J connectivity index is 1.70. The predicted molar refractivity (Wildman–Crippen MR) is 118 cm³/mol. The number of nitrogens with zero attached hydrogens (tertiary/aromatic N) is 3. The summed E-state index contributed by atoms with van der Waals surface area (Å²) in [5, 5.41) is 8.63. The molecule has 1 aliphatic heterocycles. The van der Waals surface area contributed by atoms with Crippen molar-refractivity contribution in [2.24, 2.45) is 0 Å². The van der Waals surface area contributed by atoms with Gasteiger partial charge in [0.05, 0.1) is 12.2 Å². The van der Waals surface area contributed by atoms with Gasteiger partial charge in [0, 0.05) is 11.4 Å². The van der Waals surface area contributed by atoms with E-state index < -0.39 is 0 Å². The second-order valence-corrected chi connectivity index (χ2v) is 8.08. The lowest BCUT2D eigenvalue weighted by Crippen LogP contribution is -2.29. The third kappa shape index (κ3) is 4.11. The van der Waals surface area contributed by atoms with Crippen LogP contribution in [0.2, 0.25) is 0 Å². The fraction of sp³-hybridized carbons (Fsp3) is 0.261. The number of rotatable bonds is 6. The van der Waals surface area contributed by atoms with Gasteiger partial charge in [-0.1, -0.05) is 71.9 Å². The molecule has 0 saturated heterocycles. The molecule has 1 aromatic heterocycles. The van der Waals surface area contributed by atoms with Crippen LogP contribution in [-0.4, -0.2) is 27.3 Å². The highest BCUT2D eigenvalue weighted by molar-refractivity contribution is 7.98.